The number of aromatic amines is 1. The molecule has 0 aromatic carbocycles. The van der Waals surface area contributed by atoms with Crippen LogP contribution in [0.3, 0.4) is 0 Å². The Morgan fingerprint density at radius 2 is 2.36 bits per heavy atom. The van der Waals surface area contributed by atoms with Crippen molar-refractivity contribution in [1.82, 2.24) is 4.98 Å². The van der Waals surface area contributed by atoms with Crippen molar-refractivity contribution in [3.63, 3.8) is 0 Å². The van der Waals surface area contributed by atoms with E-state index in [2.05, 4.69) is 4.98 Å². The highest BCUT2D eigenvalue weighted by Gasteiger charge is 2.15. The Labute approximate surface area is 85.3 Å². The summed E-state index contributed by atoms with van der Waals surface area (Å²) in [6.07, 6.45) is 3.41. The standard InChI is InChI=1S/C10H9NO2S/c1-13-8-3-5-14-10(8)9(12)7-2-4-11-6-7/h2-6,11H,1H3. The van der Waals surface area contributed by atoms with Gasteiger partial charge >= 0.3 is 0 Å². The van der Waals surface area contributed by atoms with Gasteiger partial charge in [0.25, 0.3) is 0 Å². The molecule has 0 aliphatic heterocycles. The lowest BCUT2D eigenvalue weighted by atomic mass is 10.2. The Balaban J connectivity index is 2.36. The summed E-state index contributed by atoms with van der Waals surface area (Å²) in [4.78, 5) is 15.4. The van der Waals surface area contributed by atoms with E-state index < -0.39 is 0 Å². The average Bonchev–Trinajstić information content (AvgIpc) is 2.87. The van der Waals surface area contributed by atoms with E-state index in [1.165, 1.54) is 11.3 Å². The summed E-state index contributed by atoms with van der Waals surface area (Å²) in [5.74, 6) is 0.638. The molecule has 3 nitrogen and oxygen atoms in total. The van der Waals surface area contributed by atoms with Crippen molar-refractivity contribution in [3.8, 4) is 5.75 Å². The Kier molecular flexibility index (Phi) is 2.37. The molecule has 72 valence electrons. The summed E-state index contributed by atoms with van der Waals surface area (Å²) in [5.41, 5.74) is 0.658. The Morgan fingerprint density at radius 3 is 3.00 bits per heavy atom. The monoisotopic (exact) mass is 207 g/mol. The summed E-state index contributed by atoms with van der Waals surface area (Å²) in [6, 6.07) is 3.55. The van der Waals surface area contributed by atoms with Gasteiger partial charge < -0.3 is 9.72 Å². The molecular weight excluding hydrogens is 198 g/mol. The molecule has 0 saturated heterocycles. The van der Waals surface area contributed by atoms with Crippen LogP contribution < -0.4 is 4.74 Å². The lowest BCUT2D eigenvalue weighted by molar-refractivity contribution is 0.104. The molecule has 0 aliphatic carbocycles. The number of rotatable bonds is 3. The fourth-order valence-corrected chi connectivity index (χ4v) is 2.04. The summed E-state index contributed by atoms with van der Waals surface area (Å²) in [6.45, 7) is 0. The van der Waals surface area contributed by atoms with Gasteiger partial charge in [0, 0.05) is 18.0 Å². The first-order chi connectivity index (χ1) is 6.83. The molecule has 0 saturated carbocycles. The maximum Gasteiger partial charge on any atom is 0.208 e. The molecule has 0 atom stereocenters. The predicted molar refractivity (Wildman–Crippen MR) is 55.1 cm³/mol. The normalized spacial score (nSPS) is 10.1. The Hall–Kier alpha value is -1.55. The highest BCUT2D eigenvalue weighted by atomic mass is 32.1. The van der Waals surface area contributed by atoms with Gasteiger partial charge in [0.15, 0.2) is 0 Å². The first-order valence-corrected chi connectivity index (χ1v) is 5.00. The highest BCUT2D eigenvalue weighted by molar-refractivity contribution is 7.12. The van der Waals surface area contributed by atoms with Crippen molar-refractivity contribution in [3.05, 3.63) is 40.3 Å². The zero-order valence-electron chi connectivity index (χ0n) is 7.61. The molecule has 4 heteroatoms. The number of hydrogen-bond donors (Lipinski definition) is 1. The van der Waals surface area contributed by atoms with E-state index in [9.17, 15) is 4.79 Å². The summed E-state index contributed by atoms with van der Waals surface area (Å²) in [7, 11) is 1.57. The molecule has 2 aromatic heterocycles. The molecule has 0 bridgehead atoms. The third-order valence-electron chi connectivity index (χ3n) is 1.92. The molecule has 0 unspecified atom stereocenters. The number of ether oxygens (including phenoxy) is 1. The molecule has 14 heavy (non-hydrogen) atoms. The number of carbonyl (C=O) groups is 1. The topological polar surface area (TPSA) is 42.1 Å². The third-order valence-corrected chi connectivity index (χ3v) is 2.81. The lowest BCUT2D eigenvalue weighted by Crippen LogP contribution is -1.98. The van der Waals surface area contributed by atoms with Crippen LogP contribution in [0.15, 0.2) is 29.9 Å². The van der Waals surface area contributed by atoms with Crippen LogP contribution in [0, 0.1) is 0 Å². The fourth-order valence-electron chi connectivity index (χ4n) is 1.22. The van der Waals surface area contributed by atoms with Crippen LogP contribution in [0.5, 0.6) is 5.75 Å². The van der Waals surface area contributed by atoms with E-state index in [0.717, 1.165) is 0 Å². The van der Waals surface area contributed by atoms with Gasteiger partial charge in [0.1, 0.15) is 10.6 Å². The minimum atomic E-state index is -0.00176. The molecule has 2 rings (SSSR count). The van der Waals surface area contributed by atoms with Crippen LogP contribution in [0.1, 0.15) is 15.2 Å². The van der Waals surface area contributed by atoms with Crippen LogP contribution in [0.4, 0.5) is 0 Å². The van der Waals surface area contributed by atoms with Crippen molar-refractivity contribution in [1.29, 1.82) is 0 Å². The Bertz CT molecular complexity index is 431. The molecular formula is C10H9NO2S. The van der Waals surface area contributed by atoms with Crippen molar-refractivity contribution in [2.45, 2.75) is 0 Å². The molecule has 0 radical (unpaired) electrons. The molecule has 2 heterocycles. The van der Waals surface area contributed by atoms with Crippen LogP contribution in [0.25, 0.3) is 0 Å². The van der Waals surface area contributed by atoms with Crippen molar-refractivity contribution < 1.29 is 9.53 Å². The smallest absolute Gasteiger partial charge is 0.208 e. The summed E-state index contributed by atoms with van der Waals surface area (Å²) < 4.78 is 5.08. The van der Waals surface area contributed by atoms with Crippen LogP contribution >= 0.6 is 11.3 Å². The van der Waals surface area contributed by atoms with Crippen LogP contribution in [0.2, 0.25) is 0 Å². The van der Waals surface area contributed by atoms with E-state index in [1.807, 2.05) is 5.38 Å². The summed E-state index contributed by atoms with van der Waals surface area (Å²) in [5, 5.41) is 1.85. The van der Waals surface area contributed by atoms with Gasteiger partial charge in [-0.25, -0.2) is 0 Å². The van der Waals surface area contributed by atoms with E-state index in [0.29, 0.717) is 16.2 Å². The lowest BCUT2D eigenvalue weighted by Gasteiger charge is -1.99. The van der Waals surface area contributed by atoms with E-state index in [4.69, 9.17) is 4.74 Å². The second kappa shape index (κ2) is 3.67. The van der Waals surface area contributed by atoms with Gasteiger partial charge in [-0.05, 0) is 17.5 Å². The minimum absolute atomic E-state index is 0.00176. The van der Waals surface area contributed by atoms with E-state index in [1.54, 1.807) is 31.6 Å². The quantitative estimate of drug-likeness (QED) is 0.785. The number of hydrogen-bond acceptors (Lipinski definition) is 3. The SMILES string of the molecule is COc1ccsc1C(=O)c1cc[nH]c1. The Morgan fingerprint density at radius 1 is 1.50 bits per heavy atom. The fraction of sp³-hybridized carbons (Fsp3) is 0.100. The summed E-state index contributed by atoms with van der Waals surface area (Å²) >= 11 is 1.39. The van der Waals surface area contributed by atoms with Gasteiger partial charge in [-0.3, -0.25) is 4.79 Å². The molecule has 0 aliphatic rings. The average molecular weight is 207 g/mol. The second-order valence-electron chi connectivity index (χ2n) is 2.75. The molecule has 0 amide bonds. The first-order valence-electron chi connectivity index (χ1n) is 4.12. The minimum Gasteiger partial charge on any atom is -0.495 e. The largest absolute Gasteiger partial charge is 0.495 e. The molecule has 0 spiro atoms. The number of H-pyrrole nitrogens is 1. The first kappa shape index (κ1) is 9.02. The van der Waals surface area contributed by atoms with Gasteiger partial charge in [0.2, 0.25) is 5.78 Å². The van der Waals surface area contributed by atoms with Gasteiger partial charge in [-0.1, -0.05) is 0 Å². The third kappa shape index (κ3) is 1.44. The zero-order valence-corrected chi connectivity index (χ0v) is 8.43. The van der Waals surface area contributed by atoms with Crippen LogP contribution in [-0.4, -0.2) is 17.9 Å². The zero-order chi connectivity index (χ0) is 9.97. The molecule has 0 fully saturated rings. The second-order valence-corrected chi connectivity index (χ2v) is 3.66. The number of carbonyl (C=O) groups excluding carboxylic acids is 1. The van der Waals surface area contributed by atoms with Crippen LogP contribution in [-0.2, 0) is 0 Å². The predicted octanol–water partition coefficient (Wildman–Crippen LogP) is 2.32. The van der Waals surface area contributed by atoms with Gasteiger partial charge in [-0.2, -0.15) is 0 Å². The maximum atomic E-state index is 11.9. The van der Waals surface area contributed by atoms with Gasteiger partial charge in [-0.15, -0.1) is 11.3 Å². The molecule has 2 aromatic rings. The number of methoxy groups -OCH3 is 1. The maximum absolute atomic E-state index is 11.9. The highest BCUT2D eigenvalue weighted by Crippen LogP contribution is 2.26. The molecule has 1 N–H and O–H groups in total. The van der Waals surface area contributed by atoms with Crippen molar-refractivity contribution >= 4 is 17.1 Å². The number of ketones is 1. The van der Waals surface area contributed by atoms with E-state index in [-0.39, 0.29) is 5.78 Å². The van der Waals surface area contributed by atoms with Crippen molar-refractivity contribution in [2.75, 3.05) is 7.11 Å². The number of thiophene rings is 1. The van der Waals surface area contributed by atoms with E-state index >= 15 is 0 Å². The number of nitrogens with one attached hydrogen (secondary N) is 1. The van der Waals surface area contributed by atoms with Gasteiger partial charge in [0.05, 0.1) is 7.11 Å². The number of aromatic nitrogens is 1. The van der Waals surface area contributed by atoms with Crippen molar-refractivity contribution in [2.24, 2.45) is 0 Å².